The molecule has 0 unspecified atom stereocenters. The standard InChI is InChI=1S/C6H11N3O2/c1-6(2,4-8-9-7)5(10)11-3/h4H2,1-3H3. The highest BCUT2D eigenvalue weighted by Crippen LogP contribution is 2.16. The molecule has 0 bridgehead atoms. The van der Waals surface area contributed by atoms with Gasteiger partial charge in [-0.3, -0.25) is 4.79 Å². The van der Waals surface area contributed by atoms with Crippen LogP contribution in [0, 0.1) is 5.41 Å². The van der Waals surface area contributed by atoms with E-state index in [4.69, 9.17) is 5.53 Å². The van der Waals surface area contributed by atoms with Crippen molar-refractivity contribution in [3.63, 3.8) is 0 Å². The molecule has 0 aromatic heterocycles. The van der Waals surface area contributed by atoms with Crippen LogP contribution in [0.1, 0.15) is 13.8 Å². The normalized spacial score (nSPS) is 10.1. The lowest BCUT2D eigenvalue weighted by Gasteiger charge is -2.17. The average molecular weight is 157 g/mol. The first-order valence-electron chi connectivity index (χ1n) is 3.14. The highest BCUT2D eigenvalue weighted by molar-refractivity contribution is 5.76. The molecule has 0 saturated heterocycles. The van der Waals surface area contributed by atoms with Crippen LogP contribution in [0.25, 0.3) is 10.4 Å². The van der Waals surface area contributed by atoms with E-state index in [0.717, 1.165) is 0 Å². The second-order valence-corrected chi connectivity index (χ2v) is 2.76. The Balaban J connectivity index is 4.20. The van der Waals surface area contributed by atoms with E-state index < -0.39 is 5.41 Å². The maximum atomic E-state index is 10.9. The summed E-state index contributed by atoms with van der Waals surface area (Å²) in [5.74, 6) is -0.370. The Bertz CT molecular complexity index is 194. The molecule has 0 rings (SSSR count). The van der Waals surface area contributed by atoms with Crippen LogP contribution in [-0.2, 0) is 9.53 Å². The molecule has 0 aliphatic carbocycles. The largest absolute Gasteiger partial charge is 0.469 e. The fraction of sp³-hybridized carbons (Fsp3) is 0.833. The van der Waals surface area contributed by atoms with Crippen molar-refractivity contribution in [2.75, 3.05) is 13.7 Å². The molecule has 0 radical (unpaired) electrons. The van der Waals surface area contributed by atoms with Crippen molar-refractivity contribution in [2.24, 2.45) is 10.5 Å². The quantitative estimate of drug-likeness (QED) is 0.269. The van der Waals surface area contributed by atoms with Crippen molar-refractivity contribution in [2.45, 2.75) is 13.8 Å². The van der Waals surface area contributed by atoms with Crippen LogP contribution in [-0.4, -0.2) is 19.6 Å². The van der Waals surface area contributed by atoms with Gasteiger partial charge in [0.2, 0.25) is 0 Å². The minimum atomic E-state index is -0.721. The summed E-state index contributed by atoms with van der Waals surface area (Å²) in [7, 11) is 1.31. The molecule has 5 heteroatoms. The number of methoxy groups -OCH3 is 1. The third kappa shape index (κ3) is 2.91. The number of rotatable bonds is 3. The van der Waals surface area contributed by atoms with Gasteiger partial charge in [-0.1, -0.05) is 5.11 Å². The second kappa shape index (κ2) is 3.83. The number of hydrogen-bond donors (Lipinski definition) is 0. The summed E-state index contributed by atoms with van der Waals surface area (Å²) >= 11 is 0. The van der Waals surface area contributed by atoms with E-state index in [1.54, 1.807) is 13.8 Å². The zero-order chi connectivity index (χ0) is 8.91. The van der Waals surface area contributed by atoms with Crippen LogP contribution in [0.2, 0.25) is 0 Å². The Kier molecular flexibility index (Phi) is 3.40. The smallest absolute Gasteiger partial charge is 0.311 e. The molecule has 0 aliphatic rings. The number of ether oxygens (including phenoxy) is 1. The fourth-order valence-electron chi connectivity index (χ4n) is 0.549. The zero-order valence-corrected chi connectivity index (χ0v) is 6.87. The van der Waals surface area contributed by atoms with Gasteiger partial charge in [-0.05, 0) is 19.4 Å². The Morgan fingerprint density at radius 3 is 2.64 bits per heavy atom. The third-order valence-electron chi connectivity index (χ3n) is 1.27. The molecule has 0 heterocycles. The summed E-state index contributed by atoms with van der Waals surface area (Å²) in [6.45, 7) is 3.44. The molecular weight excluding hydrogens is 146 g/mol. The van der Waals surface area contributed by atoms with Crippen LogP contribution < -0.4 is 0 Å². The minimum Gasteiger partial charge on any atom is -0.469 e. The van der Waals surface area contributed by atoms with Crippen molar-refractivity contribution in [1.82, 2.24) is 0 Å². The van der Waals surface area contributed by atoms with Crippen molar-refractivity contribution in [3.8, 4) is 0 Å². The van der Waals surface area contributed by atoms with Crippen molar-refractivity contribution in [3.05, 3.63) is 10.4 Å². The third-order valence-corrected chi connectivity index (χ3v) is 1.27. The molecule has 62 valence electrons. The van der Waals surface area contributed by atoms with Crippen LogP contribution >= 0.6 is 0 Å². The van der Waals surface area contributed by atoms with Gasteiger partial charge in [-0.2, -0.15) is 0 Å². The summed E-state index contributed by atoms with van der Waals surface area (Å²) in [5.41, 5.74) is 7.27. The lowest BCUT2D eigenvalue weighted by Crippen LogP contribution is -2.28. The topological polar surface area (TPSA) is 75.1 Å². The van der Waals surface area contributed by atoms with E-state index in [0.29, 0.717) is 0 Å². The highest BCUT2D eigenvalue weighted by Gasteiger charge is 2.27. The molecule has 0 aromatic carbocycles. The van der Waals surface area contributed by atoms with Crippen LogP contribution in [0.3, 0.4) is 0 Å². The first-order valence-corrected chi connectivity index (χ1v) is 3.14. The number of carbonyl (C=O) groups is 1. The van der Waals surface area contributed by atoms with Gasteiger partial charge in [-0.15, -0.1) is 0 Å². The van der Waals surface area contributed by atoms with E-state index in [1.807, 2.05) is 0 Å². The Hall–Kier alpha value is -1.22. The van der Waals surface area contributed by atoms with Crippen molar-refractivity contribution >= 4 is 5.97 Å². The van der Waals surface area contributed by atoms with E-state index in [1.165, 1.54) is 7.11 Å². The number of hydrogen-bond acceptors (Lipinski definition) is 3. The second-order valence-electron chi connectivity index (χ2n) is 2.76. The van der Waals surface area contributed by atoms with E-state index in [9.17, 15) is 4.79 Å². The van der Waals surface area contributed by atoms with Gasteiger partial charge in [0, 0.05) is 11.5 Å². The molecule has 0 saturated carbocycles. The predicted molar refractivity (Wildman–Crippen MR) is 39.8 cm³/mol. The zero-order valence-electron chi connectivity index (χ0n) is 6.87. The van der Waals surface area contributed by atoms with Gasteiger partial charge in [-0.25, -0.2) is 0 Å². The first-order chi connectivity index (χ1) is 5.04. The van der Waals surface area contributed by atoms with E-state index in [-0.39, 0.29) is 12.5 Å². The average Bonchev–Trinajstić information content (AvgIpc) is 1.99. The van der Waals surface area contributed by atoms with Crippen LogP contribution in [0.5, 0.6) is 0 Å². The van der Waals surface area contributed by atoms with Gasteiger partial charge < -0.3 is 4.74 Å². The van der Waals surface area contributed by atoms with Gasteiger partial charge in [0.15, 0.2) is 0 Å². The monoisotopic (exact) mass is 157 g/mol. The molecule has 0 atom stereocenters. The van der Waals surface area contributed by atoms with Crippen molar-refractivity contribution < 1.29 is 9.53 Å². The Labute approximate surface area is 65.0 Å². The molecule has 11 heavy (non-hydrogen) atoms. The SMILES string of the molecule is COC(=O)C(C)(C)CN=[N+]=[N-]. The number of carbonyl (C=O) groups excluding carboxylic acids is 1. The molecule has 0 aromatic rings. The summed E-state index contributed by atoms with van der Waals surface area (Å²) in [6.07, 6.45) is 0. The van der Waals surface area contributed by atoms with Gasteiger partial charge in [0.1, 0.15) is 0 Å². The van der Waals surface area contributed by atoms with Crippen LogP contribution in [0.15, 0.2) is 5.11 Å². The molecular formula is C6H11N3O2. The van der Waals surface area contributed by atoms with Gasteiger partial charge in [0.25, 0.3) is 0 Å². The maximum Gasteiger partial charge on any atom is 0.311 e. The number of nitrogens with zero attached hydrogens (tertiary/aromatic N) is 3. The maximum absolute atomic E-state index is 10.9. The Morgan fingerprint density at radius 1 is 1.73 bits per heavy atom. The number of azide groups is 1. The molecule has 0 N–H and O–H groups in total. The number of esters is 1. The van der Waals surface area contributed by atoms with Crippen molar-refractivity contribution in [1.29, 1.82) is 0 Å². The molecule has 5 nitrogen and oxygen atoms in total. The fourth-order valence-corrected chi connectivity index (χ4v) is 0.549. The summed E-state index contributed by atoms with van der Waals surface area (Å²) in [4.78, 5) is 13.5. The first kappa shape index (κ1) is 9.78. The minimum absolute atomic E-state index is 0.121. The Morgan fingerprint density at radius 2 is 2.27 bits per heavy atom. The molecule has 0 amide bonds. The summed E-state index contributed by atoms with van der Waals surface area (Å²) < 4.78 is 4.49. The predicted octanol–water partition coefficient (Wildman–Crippen LogP) is 1.50. The molecule has 0 aliphatic heterocycles. The highest BCUT2D eigenvalue weighted by atomic mass is 16.5. The lowest BCUT2D eigenvalue weighted by molar-refractivity contribution is -0.150. The van der Waals surface area contributed by atoms with Gasteiger partial charge >= 0.3 is 5.97 Å². The van der Waals surface area contributed by atoms with E-state index in [2.05, 4.69) is 14.8 Å². The molecule has 0 fully saturated rings. The van der Waals surface area contributed by atoms with Crippen LogP contribution in [0.4, 0.5) is 0 Å². The summed E-state index contributed by atoms with van der Waals surface area (Å²) in [5, 5.41) is 3.29. The van der Waals surface area contributed by atoms with Gasteiger partial charge in [0.05, 0.1) is 12.5 Å². The van der Waals surface area contributed by atoms with E-state index >= 15 is 0 Å². The molecule has 0 spiro atoms. The lowest BCUT2D eigenvalue weighted by atomic mass is 9.94. The summed E-state index contributed by atoms with van der Waals surface area (Å²) in [6, 6.07) is 0.